The van der Waals surface area contributed by atoms with E-state index in [1.54, 1.807) is 0 Å². The zero-order valence-electron chi connectivity index (χ0n) is 17.2. The van der Waals surface area contributed by atoms with Gasteiger partial charge in [0.1, 0.15) is 0 Å². The van der Waals surface area contributed by atoms with Gasteiger partial charge < -0.3 is 20.8 Å². The average Bonchev–Trinajstić information content (AvgIpc) is 2.74. The van der Waals surface area contributed by atoms with Crippen LogP contribution in [0.3, 0.4) is 0 Å². The first-order valence-electron chi connectivity index (χ1n) is 11.2. The van der Waals surface area contributed by atoms with E-state index in [1.807, 2.05) is 0 Å². The fourth-order valence-corrected chi connectivity index (χ4v) is 4.66. The predicted molar refractivity (Wildman–Crippen MR) is 119 cm³/mol. The van der Waals surface area contributed by atoms with Crippen LogP contribution in [0, 0.1) is 0 Å². The van der Waals surface area contributed by atoms with Gasteiger partial charge in [0, 0.05) is 11.4 Å². The Morgan fingerprint density at radius 1 is 0.586 bits per heavy atom. The van der Waals surface area contributed by atoms with Crippen molar-refractivity contribution in [3.05, 3.63) is 59.7 Å². The lowest BCUT2D eigenvalue weighted by molar-refractivity contribution is 0.116. The summed E-state index contributed by atoms with van der Waals surface area (Å²) in [7, 11) is 0. The second-order valence-corrected chi connectivity index (χ2v) is 8.78. The van der Waals surface area contributed by atoms with Crippen molar-refractivity contribution in [1.29, 1.82) is 0 Å². The van der Waals surface area contributed by atoms with Crippen LogP contribution >= 0.6 is 0 Å². The molecule has 2 saturated carbocycles. The summed E-state index contributed by atoms with van der Waals surface area (Å²) in [5, 5.41) is 27.3. The van der Waals surface area contributed by atoms with Gasteiger partial charge in [0.25, 0.3) is 0 Å². The Hall–Kier alpha value is -2.04. The number of hydrogen-bond acceptors (Lipinski definition) is 4. The van der Waals surface area contributed by atoms with Gasteiger partial charge in [0.2, 0.25) is 0 Å². The molecule has 4 atom stereocenters. The Balaban J connectivity index is 1.30. The predicted octanol–water partition coefficient (Wildman–Crippen LogP) is 4.71. The van der Waals surface area contributed by atoms with Gasteiger partial charge in [-0.1, -0.05) is 49.9 Å². The second kappa shape index (κ2) is 9.64. The van der Waals surface area contributed by atoms with E-state index in [1.165, 1.54) is 24.0 Å². The normalized spacial score (nSPS) is 27.4. The Bertz CT molecular complexity index is 694. The molecule has 2 fully saturated rings. The number of rotatable bonds is 6. The van der Waals surface area contributed by atoms with Crippen molar-refractivity contribution < 1.29 is 10.2 Å². The number of aliphatic hydroxyl groups excluding tert-OH is 2. The summed E-state index contributed by atoms with van der Waals surface area (Å²) in [5.41, 5.74) is 4.74. The summed E-state index contributed by atoms with van der Waals surface area (Å²) < 4.78 is 0. The first kappa shape index (κ1) is 20.2. The summed E-state index contributed by atoms with van der Waals surface area (Å²) in [4.78, 5) is 0. The van der Waals surface area contributed by atoms with Crippen LogP contribution in [0.2, 0.25) is 0 Å². The molecular weight excluding hydrogens is 360 g/mol. The minimum Gasteiger partial charge on any atom is -0.391 e. The Morgan fingerprint density at radius 2 is 0.966 bits per heavy atom. The zero-order valence-corrected chi connectivity index (χ0v) is 17.2. The van der Waals surface area contributed by atoms with Gasteiger partial charge in [-0.25, -0.2) is 0 Å². The molecule has 29 heavy (non-hydrogen) atoms. The number of hydrogen-bond donors (Lipinski definition) is 4. The molecule has 0 spiro atoms. The third-order valence-corrected chi connectivity index (χ3v) is 6.48. The molecule has 0 heterocycles. The Labute approximate surface area is 174 Å². The highest BCUT2D eigenvalue weighted by molar-refractivity contribution is 5.48. The molecular formula is C25H34N2O2. The van der Waals surface area contributed by atoms with Crippen LogP contribution in [0.1, 0.15) is 62.5 Å². The van der Waals surface area contributed by atoms with Crippen LogP contribution in [0.5, 0.6) is 0 Å². The highest BCUT2D eigenvalue weighted by Gasteiger charge is 2.23. The molecule has 2 aliphatic rings. The number of anilines is 2. The highest BCUT2D eigenvalue weighted by atomic mass is 16.3. The third-order valence-electron chi connectivity index (χ3n) is 6.48. The maximum atomic E-state index is 10.1. The van der Waals surface area contributed by atoms with E-state index >= 15 is 0 Å². The zero-order chi connectivity index (χ0) is 20.1. The van der Waals surface area contributed by atoms with Crippen LogP contribution in [0.4, 0.5) is 11.4 Å². The maximum absolute atomic E-state index is 10.1. The van der Waals surface area contributed by atoms with Crippen molar-refractivity contribution in [1.82, 2.24) is 0 Å². The molecule has 0 amide bonds. The fourth-order valence-electron chi connectivity index (χ4n) is 4.66. The summed E-state index contributed by atoms with van der Waals surface area (Å²) in [5.74, 6) is 0. The van der Waals surface area contributed by atoms with Gasteiger partial charge in [-0.2, -0.15) is 0 Å². The minimum absolute atomic E-state index is 0.178. The second-order valence-electron chi connectivity index (χ2n) is 8.78. The van der Waals surface area contributed by atoms with Crippen molar-refractivity contribution in [3.8, 4) is 0 Å². The van der Waals surface area contributed by atoms with E-state index in [2.05, 4.69) is 59.2 Å². The van der Waals surface area contributed by atoms with Crippen LogP contribution in [-0.2, 0) is 6.42 Å². The molecule has 4 N–H and O–H groups in total. The van der Waals surface area contributed by atoms with Crippen molar-refractivity contribution in [3.63, 3.8) is 0 Å². The lowest BCUT2D eigenvalue weighted by Gasteiger charge is -2.29. The first-order valence-corrected chi connectivity index (χ1v) is 11.2. The maximum Gasteiger partial charge on any atom is 0.0741 e. The Morgan fingerprint density at radius 3 is 1.34 bits per heavy atom. The van der Waals surface area contributed by atoms with E-state index in [9.17, 15) is 10.2 Å². The fraction of sp³-hybridized carbons (Fsp3) is 0.520. The largest absolute Gasteiger partial charge is 0.391 e. The quantitative estimate of drug-likeness (QED) is 0.573. The monoisotopic (exact) mass is 394 g/mol. The molecule has 0 radical (unpaired) electrons. The van der Waals surface area contributed by atoms with E-state index in [4.69, 9.17) is 0 Å². The lowest BCUT2D eigenvalue weighted by Crippen LogP contribution is -2.36. The molecule has 4 rings (SSSR count). The van der Waals surface area contributed by atoms with Crippen LogP contribution in [-0.4, -0.2) is 34.5 Å². The van der Waals surface area contributed by atoms with Crippen molar-refractivity contribution in [2.24, 2.45) is 0 Å². The molecule has 4 nitrogen and oxygen atoms in total. The summed E-state index contributed by atoms with van der Waals surface area (Å²) in [6.45, 7) is 0. The number of nitrogens with one attached hydrogen (secondary N) is 2. The molecule has 2 aromatic carbocycles. The molecule has 4 unspecified atom stereocenters. The smallest absolute Gasteiger partial charge is 0.0741 e. The van der Waals surface area contributed by atoms with Gasteiger partial charge in [-0.3, -0.25) is 0 Å². The van der Waals surface area contributed by atoms with Crippen molar-refractivity contribution in [2.45, 2.75) is 82.1 Å². The highest BCUT2D eigenvalue weighted by Crippen LogP contribution is 2.24. The van der Waals surface area contributed by atoms with E-state index in [0.717, 1.165) is 56.3 Å². The average molecular weight is 395 g/mol. The molecule has 0 bridgehead atoms. The molecule has 2 aromatic rings. The SMILES string of the molecule is OC1CCCCC1Nc1ccc(Cc2ccc(NC3CCCCC3O)cc2)cc1. The molecule has 156 valence electrons. The standard InChI is InChI=1S/C25H34N2O2/c28-24-7-3-1-5-22(24)26-20-13-9-18(10-14-20)17-19-11-15-21(16-12-19)27-23-6-2-4-8-25(23)29/h9-16,22-29H,1-8,17H2. The van der Waals surface area contributed by atoms with Gasteiger partial charge in [0.05, 0.1) is 24.3 Å². The molecule has 0 aromatic heterocycles. The van der Waals surface area contributed by atoms with Crippen molar-refractivity contribution in [2.75, 3.05) is 10.6 Å². The van der Waals surface area contributed by atoms with Crippen molar-refractivity contribution >= 4 is 11.4 Å². The number of aliphatic hydroxyl groups is 2. The van der Waals surface area contributed by atoms with Gasteiger partial charge >= 0.3 is 0 Å². The summed E-state index contributed by atoms with van der Waals surface area (Å²) in [6, 6.07) is 17.5. The van der Waals surface area contributed by atoms with E-state index in [0.29, 0.717) is 0 Å². The molecule has 4 heteroatoms. The lowest BCUT2D eigenvalue weighted by atomic mass is 9.92. The molecule has 2 aliphatic carbocycles. The Kier molecular flexibility index (Phi) is 6.73. The first-order chi connectivity index (χ1) is 14.2. The topological polar surface area (TPSA) is 64.5 Å². The van der Waals surface area contributed by atoms with Crippen LogP contribution in [0.15, 0.2) is 48.5 Å². The van der Waals surface area contributed by atoms with Crippen LogP contribution < -0.4 is 10.6 Å². The van der Waals surface area contributed by atoms with Gasteiger partial charge in [0.15, 0.2) is 0 Å². The third kappa shape index (κ3) is 5.52. The molecule has 0 saturated heterocycles. The van der Waals surface area contributed by atoms with Crippen LogP contribution in [0.25, 0.3) is 0 Å². The van der Waals surface area contributed by atoms with E-state index < -0.39 is 0 Å². The van der Waals surface area contributed by atoms with E-state index in [-0.39, 0.29) is 24.3 Å². The van der Waals surface area contributed by atoms with Gasteiger partial charge in [-0.05, 0) is 67.5 Å². The number of benzene rings is 2. The minimum atomic E-state index is -0.231. The summed E-state index contributed by atoms with van der Waals surface area (Å²) >= 11 is 0. The molecule has 0 aliphatic heterocycles. The van der Waals surface area contributed by atoms with Gasteiger partial charge in [-0.15, -0.1) is 0 Å². The summed E-state index contributed by atoms with van der Waals surface area (Å²) in [6.07, 6.45) is 8.98.